The lowest BCUT2D eigenvalue weighted by molar-refractivity contribution is 0.500. The van der Waals surface area contributed by atoms with E-state index in [1.807, 2.05) is 29.6 Å². The topological polar surface area (TPSA) is 0 Å². The van der Waals surface area contributed by atoms with Gasteiger partial charge in [0.05, 0.1) is 4.83 Å². The molecule has 2 aromatic carbocycles. The van der Waals surface area contributed by atoms with Crippen molar-refractivity contribution in [2.45, 2.75) is 4.83 Å². The van der Waals surface area contributed by atoms with Crippen molar-refractivity contribution < 1.29 is 8.78 Å². The maximum Gasteiger partial charge on any atom is 0.163 e. The molecule has 0 amide bonds. The average Bonchev–Trinajstić information content (AvgIpc) is 2.85. The summed E-state index contributed by atoms with van der Waals surface area (Å²) in [6.07, 6.45) is 0. The van der Waals surface area contributed by atoms with Gasteiger partial charge in [0.25, 0.3) is 0 Å². The van der Waals surface area contributed by atoms with E-state index >= 15 is 0 Å². The maximum absolute atomic E-state index is 13.8. The second kappa shape index (κ2) is 5.02. The van der Waals surface area contributed by atoms with Crippen LogP contribution in [0, 0.1) is 11.6 Å². The van der Waals surface area contributed by atoms with Gasteiger partial charge in [0, 0.05) is 10.3 Å². The van der Waals surface area contributed by atoms with Crippen LogP contribution in [0.5, 0.6) is 0 Å². The summed E-state index contributed by atoms with van der Waals surface area (Å²) in [5.41, 5.74) is 1.29. The highest BCUT2D eigenvalue weighted by Gasteiger charge is 2.20. The molecule has 0 aliphatic rings. The van der Waals surface area contributed by atoms with E-state index < -0.39 is 11.6 Å². The van der Waals surface area contributed by atoms with Gasteiger partial charge in [-0.15, -0.1) is 11.3 Å². The molecule has 0 bridgehead atoms. The zero-order valence-corrected chi connectivity index (χ0v) is 12.1. The minimum Gasteiger partial charge on any atom is -0.204 e. The van der Waals surface area contributed by atoms with Gasteiger partial charge in [-0.25, -0.2) is 8.78 Å². The summed E-state index contributed by atoms with van der Waals surface area (Å²) in [6.45, 7) is 0. The molecule has 0 N–H and O–H groups in total. The van der Waals surface area contributed by atoms with Crippen molar-refractivity contribution in [1.82, 2.24) is 0 Å². The molecule has 3 aromatic rings. The fraction of sp³-hybridized carbons (Fsp3) is 0.0667. The first-order valence-corrected chi connectivity index (χ1v) is 7.52. The van der Waals surface area contributed by atoms with Crippen LogP contribution in [0.1, 0.15) is 16.0 Å². The quantitative estimate of drug-likeness (QED) is 0.528. The monoisotopic (exact) mass is 338 g/mol. The number of fused-ring (bicyclic) bond motifs is 1. The van der Waals surface area contributed by atoms with Gasteiger partial charge in [0.1, 0.15) is 0 Å². The van der Waals surface area contributed by atoms with E-state index in [1.54, 1.807) is 17.4 Å². The van der Waals surface area contributed by atoms with Crippen molar-refractivity contribution in [2.75, 3.05) is 0 Å². The van der Waals surface area contributed by atoms with Crippen molar-refractivity contribution in [3.05, 3.63) is 70.6 Å². The molecule has 0 aliphatic heterocycles. The third-order valence-corrected chi connectivity index (χ3v) is 5.01. The summed E-state index contributed by atoms with van der Waals surface area (Å²) < 4.78 is 28.3. The van der Waals surface area contributed by atoms with Gasteiger partial charge >= 0.3 is 0 Å². The molecule has 0 radical (unpaired) electrons. The molecule has 1 unspecified atom stereocenters. The Morgan fingerprint density at radius 1 is 0.947 bits per heavy atom. The highest BCUT2D eigenvalue weighted by Crippen LogP contribution is 2.39. The number of hydrogen-bond acceptors (Lipinski definition) is 1. The van der Waals surface area contributed by atoms with Gasteiger partial charge in [-0.2, -0.15) is 0 Å². The molecule has 19 heavy (non-hydrogen) atoms. The highest BCUT2D eigenvalue weighted by molar-refractivity contribution is 9.09. The second-order valence-electron chi connectivity index (χ2n) is 4.19. The molecule has 0 nitrogen and oxygen atoms in total. The van der Waals surface area contributed by atoms with Crippen LogP contribution in [0.25, 0.3) is 10.1 Å². The van der Waals surface area contributed by atoms with E-state index in [0.717, 1.165) is 21.7 Å². The third kappa shape index (κ3) is 2.19. The maximum atomic E-state index is 13.8. The van der Waals surface area contributed by atoms with Gasteiger partial charge in [-0.3, -0.25) is 0 Å². The molecular weight excluding hydrogens is 330 g/mol. The number of hydrogen-bond donors (Lipinski definition) is 0. The summed E-state index contributed by atoms with van der Waals surface area (Å²) >= 11 is 5.08. The van der Waals surface area contributed by atoms with E-state index in [0.29, 0.717) is 5.56 Å². The third-order valence-electron chi connectivity index (χ3n) is 3.04. The summed E-state index contributed by atoms with van der Waals surface area (Å²) in [5.74, 6) is -1.61. The van der Waals surface area contributed by atoms with Crippen molar-refractivity contribution in [2.24, 2.45) is 0 Å². The first kappa shape index (κ1) is 12.8. The van der Waals surface area contributed by atoms with Gasteiger partial charge in [-0.1, -0.05) is 46.3 Å². The van der Waals surface area contributed by atoms with Crippen molar-refractivity contribution in [3.8, 4) is 0 Å². The van der Waals surface area contributed by atoms with E-state index in [-0.39, 0.29) is 4.83 Å². The number of thiophene rings is 1. The number of benzene rings is 2. The Hall–Kier alpha value is -1.26. The summed E-state index contributed by atoms with van der Waals surface area (Å²) in [4.78, 5) is -0.348. The van der Waals surface area contributed by atoms with E-state index in [2.05, 4.69) is 15.9 Å². The van der Waals surface area contributed by atoms with Crippen LogP contribution in [0.15, 0.2) is 47.8 Å². The Morgan fingerprint density at radius 3 is 2.58 bits per heavy atom. The minimum atomic E-state index is -0.818. The average molecular weight is 339 g/mol. The molecule has 0 aliphatic carbocycles. The molecule has 0 saturated carbocycles. The molecule has 0 saturated heterocycles. The largest absolute Gasteiger partial charge is 0.204 e. The predicted octanol–water partition coefficient (Wildman–Crippen LogP) is 5.66. The Balaban J connectivity index is 2.13. The number of alkyl halides is 1. The minimum absolute atomic E-state index is 0.323. The fourth-order valence-corrected chi connectivity index (χ4v) is 3.97. The summed E-state index contributed by atoms with van der Waals surface area (Å²) in [7, 11) is 0. The highest BCUT2D eigenvalue weighted by atomic mass is 79.9. The molecule has 3 rings (SSSR count). The van der Waals surface area contributed by atoms with E-state index in [9.17, 15) is 8.78 Å². The second-order valence-corrected chi connectivity index (χ2v) is 6.02. The lowest BCUT2D eigenvalue weighted by Gasteiger charge is -2.11. The first-order chi connectivity index (χ1) is 9.18. The number of halogens is 3. The number of rotatable bonds is 2. The van der Waals surface area contributed by atoms with Crippen molar-refractivity contribution >= 4 is 37.4 Å². The lowest BCUT2D eigenvalue weighted by Crippen LogP contribution is -1.98. The Morgan fingerprint density at radius 2 is 1.74 bits per heavy atom. The molecule has 1 aromatic heterocycles. The first-order valence-electron chi connectivity index (χ1n) is 5.72. The standard InChI is InChI=1S/C15H9BrF2S/c16-14(10-5-3-6-12(17)15(10)18)11-8-19-13-7-2-1-4-9(11)13/h1-8,14H. The molecule has 4 heteroatoms. The van der Waals surface area contributed by atoms with Crippen LogP contribution in [0.4, 0.5) is 8.78 Å². The van der Waals surface area contributed by atoms with E-state index in [1.165, 1.54) is 6.07 Å². The Labute approximate surface area is 121 Å². The molecule has 1 heterocycles. The smallest absolute Gasteiger partial charge is 0.163 e. The zero-order chi connectivity index (χ0) is 13.4. The summed E-state index contributed by atoms with van der Waals surface area (Å²) in [6, 6.07) is 12.2. The Kier molecular flexibility index (Phi) is 3.37. The predicted molar refractivity (Wildman–Crippen MR) is 79.0 cm³/mol. The zero-order valence-electron chi connectivity index (χ0n) is 9.74. The SMILES string of the molecule is Fc1cccc(C(Br)c2csc3ccccc23)c1F. The van der Waals surface area contributed by atoms with Gasteiger partial charge in [0.15, 0.2) is 11.6 Å². The van der Waals surface area contributed by atoms with E-state index in [4.69, 9.17) is 0 Å². The molecule has 0 fully saturated rings. The molecule has 1 atom stereocenters. The Bertz CT molecular complexity index is 736. The molecular formula is C15H9BrF2S. The van der Waals surface area contributed by atoms with Crippen LogP contribution in [-0.2, 0) is 0 Å². The molecule has 0 spiro atoms. The van der Waals surface area contributed by atoms with Gasteiger partial charge in [0.2, 0.25) is 0 Å². The lowest BCUT2D eigenvalue weighted by atomic mass is 10.0. The van der Waals surface area contributed by atoms with Crippen molar-refractivity contribution in [1.29, 1.82) is 0 Å². The van der Waals surface area contributed by atoms with Crippen LogP contribution in [-0.4, -0.2) is 0 Å². The van der Waals surface area contributed by atoms with Crippen LogP contribution < -0.4 is 0 Å². The van der Waals surface area contributed by atoms with Crippen LogP contribution in [0.2, 0.25) is 0 Å². The van der Waals surface area contributed by atoms with Gasteiger partial charge < -0.3 is 0 Å². The van der Waals surface area contributed by atoms with Crippen molar-refractivity contribution in [3.63, 3.8) is 0 Å². The summed E-state index contributed by atoms with van der Waals surface area (Å²) in [5, 5.41) is 3.05. The fourth-order valence-electron chi connectivity index (χ4n) is 2.08. The normalized spacial score (nSPS) is 12.8. The molecule has 96 valence electrons. The van der Waals surface area contributed by atoms with Gasteiger partial charge in [-0.05, 0) is 28.5 Å². The van der Waals surface area contributed by atoms with Crippen LogP contribution >= 0.6 is 27.3 Å². The van der Waals surface area contributed by atoms with Crippen LogP contribution in [0.3, 0.4) is 0 Å².